The van der Waals surface area contributed by atoms with Crippen molar-refractivity contribution < 1.29 is 9.53 Å². The van der Waals surface area contributed by atoms with Crippen molar-refractivity contribution in [3.63, 3.8) is 0 Å². The molecule has 3 N–H and O–H groups in total. The number of carbonyl (C=O) groups is 1. The topological polar surface area (TPSA) is 67.6 Å². The Morgan fingerprint density at radius 3 is 2.85 bits per heavy atom. The highest BCUT2D eigenvalue weighted by Crippen LogP contribution is 2.29. The van der Waals surface area contributed by atoms with Crippen molar-refractivity contribution in [2.45, 2.75) is 32.5 Å². The van der Waals surface area contributed by atoms with Crippen LogP contribution in [0.4, 0.5) is 5.69 Å². The predicted octanol–water partition coefficient (Wildman–Crippen LogP) is 1.32. The van der Waals surface area contributed by atoms with E-state index in [0.29, 0.717) is 6.61 Å². The molecule has 0 radical (unpaired) electrons. The molecule has 1 aliphatic rings. The number of fused-ring (bicyclic) bond motifs is 1. The van der Waals surface area contributed by atoms with Crippen LogP contribution in [-0.2, 0) is 22.6 Å². The lowest BCUT2D eigenvalue weighted by molar-refractivity contribution is -0.120. The zero-order chi connectivity index (χ0) is 14.8. The maximum atomic E-state index is 12.0. The number of benzene rings is 1. The fourth-order valence-electron chi connectivity index (χ4n) is 2.27. The van der Waals surface area contributed by atoms with Crippen LogP contribution in [0.2, 0.25) is 0 Å². The van der Waals surface area contributed by atoms with E-state index in [1.54, 1.807) is 21.0 Å². The van der Waals surface area contributed by atoms with Gasteiger partial charge in [-0.3, -0.25) is 9.69 Å². The Morgan fingerprint density at radius 2 is 2.20 bits per heavy atom. The quantitative estimate of drug-likeness (QED) is 0.852. The van der Waals surface area contributed by atoms with Crippen LogP contribution in [0.1, 0.15) is 25.0 Å². The molecular formula is C15H23N3O2. The van der Waals surface area contributed by atoms with Crippen LogP contribution in [0.25, 0.3) is 0 Å². The third-order valence-corrected chi connectivity index (χ3v) is 3.49. The molecule has 1 aromatic rings. The van der Waals surface area contributed by atoms with Crippen molar-refractivity contribution >= 4 is 11.6 Å². The summed E-state index contributed by atoms with van der Waals surface area (Å²) in [6.45, 7) is 6.74. The van der Waals surface area contributed by atoms with Gasteiger partial charge in [0.2, 0.25) is 5.91 Å². The maximum Gasteiger partial charge on any atom is 0.243 e. The smallest absolute Gasteiger partial charge is 0.243 e. The number of rotatable bonds is 5. The molecule has 0 aliphatic carbocycles. The first kappa shape index (κ1) is 15.0. The van der Waals surface area contributed by atoms with Gasteiger partial charge in [0.1, 0.15) is 0 Å². The van der Waals surface area contributed by atoms with Gasteiger partial charge in [-0.2, -0.15) is 0 Å². The molecule has 1 amide bonds. The molecule has 0 atom stereocenters. The van der Waals surface area contributed by atoms with Gasteiger partial charge in [-0.15, -0.1) is 0 Å². The number of methoxy groups -OCH3 is 1. The SMILES string of the molecule is COCCN1Cc2cccc(NC(=O)C(C)(C)N)c2C1. The number of nitrogens with one attached hydrogen (secondary N) is 1. The minimum absolute atomic E-state index is 0.166. The minimum atomic E-state index is -0.878. The Hall–Kier alpha value is -1.43. The molecule has 110 valence electrons. The Balaban J connectivity index is 2.11. The van der Waals surface area contributed by atoms with Crippen LogP contribution < -0.4 is 11.1 Å². The molecule has 0 fully saturated rings. The molecule has 0 saturated heterocycles. The van der Waals surface area contributed by atoms with Crippen molar-refractivity contribution in [2.24, 2.45) is 5.73 Å². The van der Waals surface area contributed by atoms with Crippen molar-refractivity contribution in [1.82, 2.24) is 4.90 Å². The lowest BCUT2D eigenvalue weighted by Crippen LogP contribution is -2.45. The first-order chi connectivity index (χ1) is 9.41. The molecular weight excluding hydrogens is 254 g/mol. The Labute approximate surface area is 120 Å². The van der Waals surface area contributed by atoms with E-state index >= 15 is 0 Å². The summed E-state index contributed by atoms with van der Waals surface area (Å²) in [6.07, 6.45) is 0. The molecule has 0 saturated carbocycles. The van der Waals surface area contributed by atoms with E-state index in [9.17, 15) is 4.79 Å². The first-order valence-corrected chi connectivity index (χ1v) is 6.84. The van der Waals surface area contributed by atoms with Crippen molar-refractivity contribution in [3.8, 4) is 0 Å². The van der Waals surface area contributed by atoms with Crippen LogP contribution >= 0.6 is 0 Å². The summed E-state index contributed by atoms with van der Waals surface area (Å²) in [5.74, 6) is -0.166. The highest BCUT2D eigenvalue weighted by Gasteiger charge is 2.25. The molecule has 5 heteroatoms. The van der Waals surface area contributed by atoms with Gasteiger partial charge in [-0.1, -0.05) is 12.1 Å². The van der Waals surface area contributed by atoms with E-state index < -0.39 is 5.54 Å². The van der Waals surface area contributed by atoms with Gasteiger partial charge in [-0.05, 0) is 31.0 Å². The fraction of sp³-hybridized carbons (Fsp3) is 0.533. The van der Waals surface area contributed by atoms with E-state index in [4.69, 9.17) is 10.5 Å². The average molecular weight is 277 g/mol. The molecule has 1 heterocycles. The van der Waals surface area contributed by atoms with E-state index in [-0.39, 0.29) is 5.91 Å². The summed E-state index contributed by atoms with van der Waals surface area (Å²) < 4.78 is 5.11. The van der Waals surface area contributed by atoms with Gasteiger partial charge in [-0.25, -0.2) is 0 Å². The average Bonchev–Trinajstić information content (AvgIpc) is 2.79. The number of hydrogen-bond donors (Lipinski definition) is 2. The summed E-state index contributed by atoms with van der Waals surface area (Å²) in [5.41, 5.74) is 8.25. The van der Waals surface area contributed by atoms with E-state index in [2.05, 4.69) is 16.3 Å². The fourth-order valence-corrected chi connectivity index (χ4v) is 2.27. The molecule has 2 rings (SSSR count). The second-order valence-electron chi connectivity index (χ2n) is 5.82. The van der Waals surface area contributed by atoms with Crippen LogP contribution in [0, 0.1) is 0 Å². The molecule has 0 unspecified atom stereocenters. The van der Waals surface area contributed by atoms with E-state index in [0.717, 1.165) is 25.3 Å². The standard InChI is InChI=1S/C15H23N3O2/c1-15(2,16)14(19)17-13-6-4-5-11-9-18(7-8-20-3)10-12(11)13/h4-6H,7-10,16H2,1-3H3,(H,17,19). The lowest BCUT2D eigenvalue weighted by atomic mass is 10.0. The number of nitrogens with two attached hydrogens (primary N) is 1. The zero-order valence-corrected chi connectivity index (χ0v) is 12.4. The summed E-state index contributed by atoms with van der Waals surface area (Å²) >= 11 is 0. The predicted molar refractivity (Wildman–Crippen MR) is 79.3 cm³/mol. The highest BCUT2D eigenvalue weighted by molar-refractivity contribution is 5.98. The normalized spacial score (nSPS) is 15.2. The molecule has 1 aliphatic heterocycles. The Kier molecular flexibility index (Phi) is 4.42. The molecule has 0 bridgehead atoms. The second kappa shape index (κ2) is 5.91. The third kappa shape index (κ3) is 3.36. The second-order valence-corrected chi connectivity index (χ2v) is 5.82. The summed E-state index contributed by atoms with van der Waals surface area (Å²) in [5, 5.41) is 2.94. The van der Waals surface area contributed by atoms with Gasteiger partial charge in [0.15, 0.2) is 0 Å². The molecule has 5 nitrogen and oxygen atoms in total. The molecule has 0 spiro atoms. The van der Waals surface area contributed by atoms with Gasteiger partial charge in [0.05, 0.1) is 12.1 Å². The van der Waals surface area contributed by atoms with E-state index in [1.165, 1.54) is 11.1 Å². The number of amides is 1. The van der Waals surface area contributed by atoms with E-state index in [1.807, 2.05) is 12.1 Å². The largest absolute Gasteiger partial charge is 0.383 e. The number of nitrogens with zero attached hydrogens (tertiary/aromatic N) is 1. The summed E-state index contributed by atoms with van der Waals surface area (Å²) in [6, 6.07) is 6.01. The minimum Gasteiger partial charge on any atom is -0.383 e. The van der Waals surface area contributed by atoms with Crippen molar-refractivity contribution in [1.29, 1.82) is 0 Å². The number of hydrogen-bond acceptors (Lipinski definition) is 4. The number of carbonyl (C=O) groups excluding carboxylic acids is 1. The number of ether oxygens (including phenoxy) is 1. The lowest BCUT2D eigenvalue weighted by Gasteiger charge is -2.19. The van der Waals surface area contributed by atoms with Crippen LogP contribution in [0.15, 0.2) is 18.2 Å². The summed E-state index contributed by atoms with van der Waals surface area (Å²) in [4.78, 5) is 14.3. The van der Waals surface area contributed by atoms with Crippen LogP contribution in [0.5, 0.6) is 0 Å². The third-order valence-electron chi connectivity index (χ3n) is 3.49. The maximum absolute atomic E-state index is 12.0. The summed E-state index contributed by atoms with van der Waals surface area (Å²) in [7, 11) is 1.71. The monoisotopic (exact) mass is 277 g/mol. The molecule has 0 aromatic heterocycles. The molecule has 1 aromatic carbocycles. The van der Waals surface area contributed by atoms with Gasteiger partial charge in [0.25, 0.3) is 0 Å². The highest BCUT2D eigenvalue weighted by atomic mass is 16.5. The van der Waals surface area contributed by atoms with Crippen LogP contribution in [0.3, 0.4) is 0 Å². The van der Waals surface area contributed by atoms with Crippen LogP contribution in [-0.4, -0.2) is 36.6 Å². The number of anilines is 1. The Morgan fingerprint density at radius 1 is 1.45 bits per heavy atom. The molecule has 20 heavy (non-hydrogen) atoms. The van der Waals surface area contributed by atoms with Gasteiger partial charge >= 0.3 is 0 Å². The van der Waals surface area contributed by atoms with Crippen molar-refractivity contribution in [3.05, 3.63) is 29.3 Å². The Bertz CT molecular complexity index is 494. The first-order valence-electron chi connectivity index (χ1n) is 6.84. The van der Waals surface area contributed by atoms with Crippen molar-refractivity contribution in [2.75, 3.05) is 25.6 Å². The van der Waals surface area contributed by atoms with Gasteiger partial charge < -0.3 is 15.8 Å². The zero-order valence-electron chi connectivity index (χ0n) is 12.4. The van der Waals surface area contributed by atoms with Gasteiger partial charge in [0, 0.05) is 32.4 Å².